The molecule has 0 N–H and O–H groups in total. The van der Waals surface area contributed by atoms with Gasteiger partial charge >= 0.3 is 0 Å². The molecule has 0 radical (unpaired) electrons. The second-order valence-corrected chi connectivity index (χ2v) is 7.45. The van der Waals surface area contributed by atoms with E-state index in [0.29, 0.717) is 29.8 Å². The molecule has 1 aliphatic heterocycles. The van der Waals surface area contributed by atoms with E-state index in [4.69, 9.17) is 14.2 Å². The highest BCUT2D eigenvalue weighted by Gasteiger charge is 2.33. The Hall–Kier alpha value is -4.13. The molecule has 1 heterocycles. The fourth-order valence-corrected chi connectivity index (χ4v) is 3.71. The van der Waals surface area contributed by atoms with E-state index in [2.05, 4.69) is 5.10 Å². The quantitative estimate of drug-likeness (QED) is 0.485. The lowest BCUT2D eigenvalue weighted by Crippen LogP contribution is -2.31. The molecule has 1 atom stereocenters. The number of hydrogen-bond donors (Lipinski definition) is 0. The van der Waals surface area contributed by atoms with Crippen LogP contribution >= 0.6 is 0 Å². The van der Waals surface area contributed by atoms with Gasteiger partial charge < -0.3 is 14.2 Å². The van der Waals surface area contributed by atoms with Crippen molar-refractivity contribution in [2.24, 2.45) is 5.10 Å². The summed E-state index contributed by atoms with van der Waals surface area (Å²) in [6, 6.07) is 21.9. The monoisotopic (exact) mass is 444 g/mol. The number of aldehydes is 1. The molecule has 0 bridgehead atoms. The van der Waals surface area contributed by atoms with Gasteiger partial charge in [-0.1, -0.05) is 42.5 Å². The second kappa shape index (κ2) is 9.99. The van der Waals surface area contributed by atoms with Gasteiger partial charge in [0, 0.05) is 6.42 Å². The van der Waals surface area contributed by atoms with E-state index in [-0.39, 0.29) is 18.6 Å². The van der Waals surface area contributed by atoms with Gasteiger partial charge in [0.05, 0.1) is 31.5 Å². The number of hydrazone groups is 1. The Balaban J connectivity index is 1.57. The highest BCUT2D eigenvalue weighted by molar-refractivity contribution is 6.03. The fraction of sp³-hybridized carbons (Fsp3) is 0.192. The maximum atomic E-state index is 13.2. The molecule has 3 aromatic rings. The van der Waals surface area contributed by atoms with E-state index in [1.165, 1.54) is 12.1 Å². The van der Waals surface area contributed by atoms with Crippen molar-refractivity contribution in [3.05, 3.63) is 89.5 Å². The van der Waals surface area contributed by atoms with Gasteiger partial charge in [0.1, 0.15) is 17.2 Å². The summed E-state index contributed by atoms with van der Waals surface area (Å²) in [7, 11) is 3.13. The number of nitrogens with zero attached hydrogens (tertiary/aromatic N) is 2. The minimum atomic E-state index is -0.311. The van der Waals surface area contributed by atoms with E-state index in [1.807, 2.05) is 54.6 Å². The van der Waals surface area contributed by atoms with Crippen LogP contribution in [0.3, 0.4) is 0 Å². The SMILES string of the molecule is COc1ccc(C2CC(c3ccccc3)=NN2C(=O)COc2ccc(OC)cc2C=O)cc1. The van der Waals surface area contributed by atoms with Gasteiger partial charge in [-0.3, -0.25) is 9.59 Å². The number of hydrogen-bond acceptors (Lipinski definition) is 6. The Kier molecular flexibility index (Phi) is 6.69. The predicted molar refractivity (Wildman–Crippen MR) is 124 cm³/mol. The van der Waals surface area contributed by atoms with Crippen LogP contribution in [0.15, 0.2) is 77.9 Å². The maximum absolute atomic E-state index is 13.2. The molecule has 7 heteroatoms. The van der Waals surface area contributed by atoms with Gasteiger partial charge in [0.15, 0.2) is 12.9 Å². The number of carbonyl (C=O) groups is 2. The standard InChI is InChI=1S/C26H24N2O5/c1-31-21-10-8-19(9-11-21)24-15-23(18-6-4-3-5-7-18)27-28(24)26(30)17-33-25-13-12-22(32-2)14-20(25)16-29/h3-14,16,24H,15,17H2,1-2H3. The van der Waals surface area contributed by atoms with Crippen LogP contribution in [-0.4, -0.2) is 43.7 Å². The summed E-state index contributed by atoms with van der Waals surface area (Å²) in [6.07, 6.45) is 1.24. The van der Waals surface area contributed by atoms with Crippen molar-refractivity contribution in [3.63, 3.8) is 0 Å². The van der Waals surface area contributed by atoms with E-state index in [9.17, 15) is 9.59 Å². The lowest BCUT2D eigenvalue weighted by molar-refractivity contribution is -0.135. The topological polar surface area (TPSA) is 77.4 Å². The third kappa shape index (κ3) is 4.87. The molecule has 7 nitrogen and oxygen atoms in total. The molecule has 4 rings (SSSR count). The molecule has 1 amide bonds. The molecule has 168 valence electrons. The Bertz CT molecular complexity index is 1160. The zero-order chi connectivity index (χ0) is 23.2. The first-order chi connectivity index (χ1) is 16.1. The van der Waals surface area contributed by atoms with Crippen molar-refractivity contribution in [2.45, 2.75) is 12.5 Å². The molecule has 3 aromatic carbocycles. The molecule has 0 saturated heterocycles. The molecule has 0 aliphatic carbocycles. The molecule has 33 heavy (non-hydrogen) atoms. The summed E-state index contributed by atoms with van der Waals surface area (Å²) in [6.45, 7) is -0.259. The van der Waals surface area contributed by atoms with Crippen LogP contribution in [0, 0.1) is 0 Å². The van der Waals surface area contributed by atoms with Crippen molar-refractivity contribution in [3.8, 4) is 17.2 Å². The average Bonchev–Trinajstić information content (AvgIpc) is 3.33. The highest BCUT2D eigenvalue weighted by atomic mass is 16.5. The van der Waals surface area contributed by atoms with Gasteiger partial charge in [0.2, 0.25) is 0 Å². The van der Waals surface area contributed by atoms with Crippen LogP contribution in [-0.2, 0) is 4.79 Å². The zero-order valence-corrected chi connectivity index (χ0v) is 18.4. The maximum Gasteiger partial charge on any atom is 0.281 e. The van der Waals surface area contributed by atoms with Crippen molar-refractivity contribution in [2.75, 3.05) is 20.8 Å². The van der Waals surface area contributed by atoms with E-state index < -0.39 is 0 Å². The van der Waals surface area contributed by atoms with Crippen LogP contribution in [0.25, 0.3) is 0 Å². The summed E-state index contributed by atoms with van der Waals surface area (Å²) in [5.41, 5.74) is 3.04. The van der Waals surface area contributed by atoms with Crippen LogP contribution in [0.2, 0.25) is 0 Å². The van der Waals surface area contributed by atoms with Crippen LogP contribution in [0.1, 0.15) is 33.9 Å². The number of amides is 1. The van der Waals surface area contributed by atoms with Crippen molar-refractivity contribution in [1.82, 2.24) is 5.01 Å². The molecular formula is C26H24N2O5. The summed E-state index contributed by atoms with van der Waals surface area (Å²) in [5.74, 6) is 1.27. The van der Waals surface area contributed by atoms with Gasteiger partial charge in [-0.25, -0.2) is 5.01 Å². The molecule has 0 saturated carbocycles. The third-order valence-corrected chi connectivity index (χ3v) is 5.47. The number of rotatable bonds is 8. The number of methoxy groups -OCH3 is 2. The van der Waals surface area contributed by atoms with Gasteiger partial charge in [-0.15, -0.1) is 0 Å². The van der Waals surface area contributed by atoms with E-state index in [0.717, 1.165) is 22.6 Å². The number of carbonyl (C=O) groups excluding carboxylic acids is 2. The Morgan fingerprint density at radius 3 is 2.36 bits per heavy atom. The van der Waals surface area contributed by atoms with Crippen molar-refractivity contribution >= 4 is 17.9 Å². The molecule has 1 unspecified atom stereocenters. The summed E-state index contributed by atoms with van der Waals surface area (Å²) < 4.78 is 16.1. The minimum absolute atomic E-state index is 0.259. The molecule has 0 spiro atoms. The number of benzene rings is 3. The zero-order valence-electron chi connectivity index (χ0n) is 18.4. The first kappa shape index (κ1) is 22.1. The minimum Gasteiger partial charge on any atom is -0.497 e. The molecule has 0 aromatic heterocycles. The molecular weight excluding hydrogens is 420 g/mol. The summed E-state index contributed by atoms with van der Waals surface area (Å²) >= 11 is 0. The normalized spacial score (nSPS) is 15.0. The summed E-state index contributed by atoms with van der Waals surface area (Å²) in [4.78, 5) is 24.6. The largest absolute Gasteiger partial charge is 0.497 e. The summed E-state index contributed by atoms with van der Waals surface area (Å²) in [5, 5.41) is 6.11. The first-order valence-corrected chi connectivity index (χ1v) is 10.5. The Labute approximate surface area is 192 Å². The lowest BCUT2D eigenvalue weighted by Gasteiger charge is -2.22. The van der Waals surface area contributed by atoms with Gasteiger partial charge in [-0.05, 0) is 41.5 Å². The smallest absolute Gasteiger partial charge is 0.281 e. The van der Waals surface area contributed by atoms with Crippen molar-refractivity contribution in [1.29, 1.82) is 0 Å². The molecule has 1 aliphatic rings. The lowest BCUT2D eigenvalue weighted by atomic mass is 9.98. The number of ether oxygens (including phenoxy) is 3. The fourth-order valence-electron chi connectivity index (χ4n) is 3.71. The van der Waals surface area contributed by atoms with E-state index >= 15 is 0 Å². The highest BCUT2D eigenvalue weighted by Crippen LogP contribution is 2.34. The third-order valence-electron chi connectivity index (χ3n) is 5.47. The van der Waals surface area contributed by atoms with Gasteiger partial charge in [0.25, 0.3) is 5.91 Å². The van der Waals surface area contributed by atoms with E-state index in [1.54, 1.807) is 25.3 Å². The van der Waals surface area contributed by atoms with Crippen LogP contribution < -0.4 is 14.2 Å². The second-order valence-electron chi connectivity index (χ2n) is 7.45. The Morgan fingerprint density at radius 1 is 1.00 bits per heavy atom. The average molecular weight is 444 g/mol. The van der Waals surface area contributed by atoms with Gasteiger partial charge in [-0.2, -0.15) is 5.10 Å². The first-order valence-electron chi connectivity index (χ1n) is 10.5. The Morgan fingerprint density at radius 2 is 1.70 bits per heavy atom. The van der Waals surface area contributed by atoms with Crippen molar-refractivity contribution < 1.29 is 23.8 Å². The van der Waals surface area contributed by atoms with Crippen LogP contribution in [0.4, 0.5) is 0 Å². The molecule has 0 fully saturated rings. The predicted octanol–water partition coefficient (Wildman–Crippen LogP) is 4.27. The van der Waals surface area contributed by atoms with Crippen LogP contribution in [0.5, 0.6) is 17.2 Å².